The van der Waals surface area contributed by atoms with E-state index in [1.54, 1.807) is 13.4 Å². The van der Waals surface area contributed by atoms with Crippen molar-refractivity contribution in [1.82, 2.24) is 25.4 Å². The minimum Gasteiger partial charge on any atom is -0.494 e. The van der Waals surface area contributed by atoms with Crippen molar-refractivity contribution in [3.63, 3.8) is 0 Å². The van der Waals surface area contributed by atoms with Crippen molar-refractivity contribution in [2.24, 2.45) is 12.0 Å². The second-order valence-corrected chi connectivity index (χ2v) is 5.18. The van der Waals surface area contributed by atoms with E-state index in [1.165, 1.54) is 5.56 Å². The summed E-state index contributed by atoms with van der Waals surface area (Å²) in [6, 6.07) is 6.20. The van der Waals surface area contributed by atoms with Crippen LogP contribution in [0.3, 0.4) is 0 Å². The van der Waals surface area contributed by atoms with Crippen LogP contribution in [0, 0.1) is 6.92 Å². The van der Waals surface area contributed by atoms with Gasteiger partial charge in [-0.15, -0.1) is 10.2 Å². The van der Waals surface area contributed by atoms with Gasteiger partial charge in [0.1, 0.15) is 12.1 Å². The zero-order chi connectivity index (χ0) is 16.7. The molecule has 1 aromatic heterocycles. The minimum absolute atomic E-state index is 0.558. The molecule has 0 aliphatic rings. The lowest BCUT2D eigenvalue weighted by Crippen LogP contribution is -2.37. The molecule has 0 atom stereocenters. The highest BCUT2D eigenvalue weighted by molar-refractivity contribution is 5.79. The number of nitrogens with one attached hydrogen (secondary N) is 2. The molecule has 0 spiro atoms. The molecule has 2 rings (SSSR count). The lowest BCUT2D eigenvalue weighted by Gasteiger charge is -2.14. The van der Waals surface area contributed by atoms with Crippen LogP contribution in [0.4, 0.5) is 0 Å². The van der Waals surface area contributed by atoms with E-state index in [4.69, 9.17) is 4.74 Å². The Morgan fingerprint density at radius 2 is 2.09 bits per heavy atom. The Morgan fingerprint density at radius 3 is 2.74 bits per heavy atom. The summed E-state index contributed by atoms with van der Waals surface area (Å²) in [4.78, 5) is 4.22. The zero-order valence-corrected chi connectivity index (χ0v) is 14.1. The Kier molecular flexibility index (Phi) is 5.96. The first-order valence-electron chi connectivity index (χ1n) is 7.63. The maximum Gasteiger partial charge on any atom is 0.191 e. The van der Waals surface area contributed by atoms with E-state index in [9.17, 15) is 0 Å². The van der Waals surface area contributed by atoms with E-state index >= 15 is 0 Å². The van der Waals surface area contributed by atoms with E-state index in [1.807, 2.05) is 18.5 Å². The molecule has 7 heteroatoms. The van der Waals surface area contributed by atoms with Crippen LogP contribution < -0.4 is 15.4 Å². The molecule has 7 nitrogen and oxygen atoms in total. The smallest absolute Gasteiger partial charge is 0.191 e. The van der Waals surface area contributed by atoms with Gasteiger partial charge in [-0.2, -0.15) is 0 Å². The Morgan fingerprint density at radius 1 is 1.30 bits per heavy atom. The summed E-state index contributed by atoms with van der Waals surface area (Å²) in [5.74, 6) is 2.46. The number of benzene rings is 1. The third-order valence-corrected chi connectivity index (χ3v) is 3.41. The van der Waals surface area contributed by atoms with E-state index in [2.05, 4.69) is 50.9 Å². The first-order valence-corrected chi connectivity index (χ1v) is 7.63. The fourth-order valence-corrected chi connectivity index (χ4v) is 2.13. The highest BCUT2D eigenvalue weighted by atomic mass is 16.5. The van der Waals surface area contributed by atoms with Gasteiger partial charge in [-0.05, 0) is 25.5 Å². The zero-order valence-electron chi connectivity index (χ0n) is 14.1. The van der Waals surface area contributed by atoms with Gasteiger partial charge in [0.05, 0.1) is 13.2 Å². The highest BCUT2D eigenvalue weighted by Gasteiger charge is 2.06. The van der Waals surface area contributed by atoms with Gasteiger partial charge < -0.3 is 19.9 Å². The molecule has 0 radical (unpaired) electrons. The van der Waals surface area contributed by atoms with Gasteiger partial charge in [0.15, 0.2) is 11.8 Å². The van der Waals surface area contributed by atoms with Crippen LogP contribution in [0.1, 0.15) is 23.9 Å². The van der Waals surface area contributed by atoms with Gasteiger partial charge in [0.2, 0.25) is 0 Å². The van der Waals surface area contributed by atoms with E-state index in [-0.39, 0.29) is 0 Å². The standard InChI is InChI=1S/C16H24N6O/c1-5-23-14-8-12(2)6-7-13(14)9-18-16(17-3)19-10-15-21-20-11-22(15)4/h6-8,11H,5,9-10H2,1-4H3,(H2,17,18,19). The number of guanidine groups is 1. The monoisotopic (exact) mass is 316 g/mol. The number of rotatable bonds is 6. The van der Waals surface area contributed by atoms with Crippen molar-refractivity contribution in [2.75, 3.05) is 13.7 Å². The minimum atomic E-state index is 0.558. The summed E-state index contributed by atoms with van der Waals surface area (Å²) in [7, 11) is 3.65. The molecule has 0 saturated carbocycles. The lowest BCUT2D eigenvalue weighted by molar-refractivity contribution is 0.336. The first kappa shape index (κ1) is 16.8. The van der Waals surface area contributed by atoms with Crippen LogP contribution in [0.2, 0.25) is 0 Å². The third-order valence-electron chi connectivity index (χ3n) is 3.41. The maximum absolute atomic E-state index is 5.70. The molecule has 23 heavy (non-hydrogen) atoms. The summed E-state index contributed by atoms with van der Waals surface area (Å²) in [5.41, 5.74) is 2.28. The highest BCUT2D eigenvalue weighted by Crippen LogP contribution is 2.20. The quantitative estimate of drug-likeness (QED) is 0.622. The molecule has 0 saturated heterocycles. The molecule has 0 amide bonds. The van der Waals surface area contributed by atoms with Crippen LogP contribution in [0.15, 0.2) is 29.5 Å². The second-order valence-electron chi connectivity index (χ2n) is 5.18. The first-order chi connectivity index (χ1) is 11.1. The number of hydrogen-bond donors (Lipinski definition) is 2. The van der Waals surface area contributed by atoms with E-state index in [0.717, 1.165) is 17.1 Å². The maximum atomic E-state index is 5.70. The van der Waals surface area contributed by atoms with Crippen molar-refractivity contribution >= 4 is 5.96 Å². The Balaban J connectivity index is 1.94. The van der Waals surface area contributed by atoms with Crippen molar-refractivity contribution in [3.05, 3.63) is 41.5 Å². The molecule has 1 aromatic carbocycles. The molecule has 2 aromatic rings. The van der Waals surface area contributed by atoms with Crippen LogP contribution in [0.25, 0.3) is 0 Å². The van der Waals surface area contributed by atoms with Gasteiger partial charge in [0.25, 0.3) is 0 Å². The molecular weight excluding hydrogens is 292 g/mol. The fraction of sp³-hybridized carbons (Fsp3) is 0.438. The molecule has 0 aliphatic carbocycles. The summed E-state index contributed by atoms with van der Waals surface area (Å²) in [5, 5.41) is 14.4. The summed E-state index contributed by atoms with van der Waals surface area (Å²) in [6.45, 7) is 5.88. The average Bonchev–Trinajstić information content (AvgIpc) is 2.95. The number of aromatic nitrogens is 3. The van der Waals surface area contributed by atoms with Gasteiger partial charge in [-0.25, -0.2) is 0 Å². The van der Waals surface area contributed by atoms with E-state index < -0.39 is 0 Å². The van der Waals surface area contributed by atoms with Gasteiger partial charge in [-0.3, -0.25) is 4.99 Å². The van der Waals surface area contributed by atoms with Gasteiger partial charge in [-0.1, -0.05) is 12.1 Å². The van der Waals surface area contributed by atoms with E-state index in [0.29, 0.717) is 25.7 Å². The predicted octanol–water partition coefficient (Wildman–Crippen LogP) is 1.39. The topological polar surface area (TPSA) is 76.4 Å². The largest absolute Gasteiger partial charge is 0.494 e. The normalized spacial score (nSPS) is 11.4. The van der Waals surface area contributed by atoms with Gasteiger partial charge in [0, 0.05) is 26.2 Å². The molecule has 1 heterocycles. The number of aryl methyl sites for hydroxylation is 2. The molecule has 0 aliphatic heterocycles. The number of nitrogens with zero attached hydrogens (tertiary/aromatic N) is 4. The van der Waals surface area contributed by atoms with Crippen LogP contribution in [-0.4, -0.2) is 34.4 Å². The second kappa shape index (κ2) is 8.17. The SMILES string of the molecule is CCOc1cc(C)ccc1CNC(=NC)NCc1nncn1C. The predicted molar refractivity (Wildman–Crippen MR) is 90.4 cm³/mol. The number of hydrogen-bond acceptors (Lipinski definition) is 4. The molecule has 2 N–H and O–H groups in total. The Bertz CT molecular complexity index is 664. The van der Waals surface area contributed by atoms with Gasteiger partial charge >= 0.3 is 0 Å². The average molecular weight is 316 g/mol. The molecule has 0 fully saturated rings. The summed E-state index contributed by atoms with van der Waals surface area (Å²) < 4.78 is 7.56. The van der Waals surface area contributed by atoms with Crippen molar-refractivity contribution in [2.45, 2.75) is 26.9 Å². The molecule has 0 unspecified atom stereocenters. The molecule has 124 valence electrons. The Hall–Kier alpha value is -2.57. The third kappa shape index (κ3) is 4.70. The van der Waals surface area contributed by atoms with Crippen molar-refractivity contribution in [1.29, 1.82) is 0 Å². The summed E-state index contributed by atoms with van der Waals surface area (Å²) in [6.07, 6.45) is 1.67. The molecular formula is C16H24N6O. The molecule has 0 bridgehead atoms. The van der Waals surface area contributed by atoms with Crippen LogP contribution in [0.5, 0.6) is 5.75 Å². The summed E-state index contributed by atoms with van der Waals surface area (Å²) >= 11 is 0. The Labute approximate surface area is 136 Å². The van der Waals surface area contributed by atoms with Crippen molar-refractivity contribution < 1.29 is 4.74 Å². The van der Waals surface area contributed by atoms with Crippen LogP contribution >= 0.6 is 0 Å². The number of aliphatic imine (C=N–C) groups is 1. The van der Waals surface area contributed by atoms with Crippen LogP contribution in [-0.2, 0) is 20.1 Å². The lowest BCUT2D eigenvalue weighted by atomic mass is 10.1. The number of ether oxygens (including phenoxy) is 1. The van der Waals surface area contributed by atoms with Crippen molar-refractivity contribution in [3.8, 4) is 5.75 Å². The fourth-order valence-electron chi connectivity index (χ4n) is 2.13.